The quantitative estimate of drug-likeness (QED) is 0.349. The van der Waals surface area contributed by atoms with E-state index in [1.807, 2.05) is 18.2 Å². The summed E-state index contributed by atoms with van der Waals surface area (Å²) in [6, 6.07) is 9.93. The molecule has 4 N–H and O–H groups in total. The zero-order valence-electron chi connectivity index (χ0n) is 18.6. The average molecular weight is 482 g/mol. The minimum atomic E-state index is -1.20. The van der Waals surface area contributed by atoms with Crippen LogP contribution in [0.2, 0.25) is 0 Å². The third-order valence-corrected chi connectivity index (χ3v) is 6.01. The van der Waals surface area contributed by atoms with E-state index in [4.69, 9.17) is 0 Å². The Bertz CT molecular complexity index is 1240. The van der Waals surface area contributed by atoms with Gasteiger partial charge in [0, 0.05) is 29.8 Å². The molecule has 2 aromatic carbocycles. The Morgan fingerprint density at radius 3 is 2.57 bits per heavy atom. The first-order chi connectivity index (χ1) is 16.8. The molecule has 1 fully saturated rings. The van der Waals surface area contributed by atoms with Crippen LogP contribution in [0.3, 0.4) is 0 Å². The fraction of sp³-hybridized carbons (Fsp3) is 0.280. The summed E-state index contributed by atoms with van der Waals surface area (Å²) < 4.78 is 27.1. The number of H-pyrrole nitrogens is 1. The standard InChI is InChI=1S/C25H24F2N4O4/c26-18-6-5-14(9-19(18)27)10-21(24(34)29-17(13-32)11-16-7-8-28-23(16)33)31-25(35)22-12-15-3-1-2-4-20(15)30-22/h1-6,9,12-13,16-17,21,30H,7-8,10-11H2,(H,28,33)(H,29,34)(H,31,35)/t16-,17-,21-/m0/s1. The molecule has 35 heavy (non-hydrogen) atoms. The van der Waals surface area contributed by atoms with Gasteiger partial charge in [-0.05, 0) is 42.7 Å². The summed E-state index contributed by atoms with van der Waals surface area (Å²) in [6.07, 6.45) is 1.06. The molecule has 10 heteroatoms. The molecular weight excluding hydrogens is 458 g/mol. The van der Waals surface area contributed by atoms with Crippen molar-refractivity contribution in [2.24, 2.45) is 5.92 Å². The molecule has 0 spiro atoms. The number of aromatic nitrogens is 1. The first-order valence-corrected chi connectivity index (χ1v) is 11.2. The Morgan fingerprint density at radius 2 is 1.89 bits per heavy atom. The van der Waals surface area contributed by atoms with E-state index < -0.39 is 41.5 Å². The van der Waals surface area contributed by atoms with Crippen LogP contribution in [0.5, 0.6) is 0 Å². The van der Waals surface area contributed by atoms with Crippen molar-refractivity contribution in [2.75, 3.05) is 6.54 Å². The number of hydrogen-bond acceptors (Lipinski definition) is 4. The topological polar surface area (TPSA) is 120 Å². The van der Waals surface area contributed by atoms with Crippen LogP contribution in [0, 0.1) is 17.6 Å². The van der Waals surface area contributed by atoms with Crippen LogP contribution in [-0.2, 0) is 20.8 Å². The number of fused-ring (bicyclic) bond motifs is 1. The lowest BCUT2D eigenvalue weighted by Gasteiger charge is -2.22. The summed E-state index contributed by atoms with van der Waals surface area (Å²) in [5.74, 6) is -3.97. The van der Waals surface area contributed by atoms with Gasteiger partial charge in [-0.15, -0.1) is 0 Å². The van der Waals surface area contributed by atoms with Crippen molar-refractivity contribution in [1.82, 2.24) is 20.9 Å². The van der Waals surface area contributed by atoms with E-state index in [9.17, 15) is 28.0 Å². The van der Waals surface area contributed by atoms with Crippen LogP contribution < -0.4 is 16.0 Å². The number of benzene rings is 2. The van der Waals surface area contributed by atoms with Gasteiger partial charge in [0.2, 0.25) is 11.8 Å². The second-order valence-electron chi connectivity index (χ2n) is 8.51. The minimum absolute atomic E-state index is 0.120. The Morgan fingerprint density at radius 1 is 1.09 bits per heavy atom. The zero-order valence-corrected chi connectivity index (χ0v) is 18.6. The van der Waals surface area contributed by atoms with Gasteiger partial charge in [-0.1, -0.05) is 24.3 Å². The Kier molecular flexibility index (Phi) is 7.19. The molecule has 2 heterocycles. The lowest BCUT2D eigenvalue weighted by molar-refractivity contribution is -0.127. The number of amides is 3. The van der Waals surface area contributed by atoms with Gasteiger partial charge >= 0.3 is 0 Å². The molecule has 0 bridgehead atoms. The number of halogens is 2. The van der Waals surface area contributed by atoms with Gasteiger partial charge in [0.1, 0.15) is 18.0 Å². The number of aldehydes is 1. The molecule has 1 aliphatic heterocycles. The summed E-state index contributed by atoms with van der Waals surface area (Å²) in [5.41, 5.74) is 1.22. The Balaban J connectivity index is 1.52. The van der Waals surface area contributed by atoms with E-state index >= 15 is 0 Å². The number of carbonyl (C=O) groups is 4. The summed E-state index contributed by atoms with van der Waals surface area (Å²) in [7, 11) is 0. The molecule has 3 amide bonds. The number of carbonyl (C=O) groups excluding carboxylic acids is 4. The highest BCUT2D eigenvalue weighted by Gasteiger charge is 2.30. The molecule has 1 aromatic heterocycles. The molecule has 182 valence electrons. The fourth-order valence-electron chi connectivity index (χ4n) is 4.15. The van der Waals surface area contributed by atoms with Gasteiger partial charge in [0.15, 0.2) is 11.6 Å². The molecule has 3 atom stereocenters. The molecule has 1 aliphatic rings. The van der Waals surface area contributed by atoms with E-state index in [2.05, 4.69) is 20.9 Å². The van der Waals surface area contributed by atoms with Crippen LogP contribution in [0.25, 0.3) is 10.9 Å². The summed E-state index contributed by atoms with van der Waals surface area (Å²) in [6.45, 7) is 0.502. The number of rotatable bonds is 9. The van der Waals surface area contributed by atoms with E-state index in [1.165, 1.54) is 6.07 Å². The van der Waals surface area contributed by atoms with Crippen molar-refractivity contribution in [1.29, 1.82) is 0 Å². The Labute approximate surface area is 199 Å². The maximum Gasteiger partial charge on any atom is 0.268 e. The van der Waals surface area contributed by atoms with Crippen LogP contribution in [-0.4, -0.2) is 47.6 Å². The average Bonchev–Trinajstić information content (AvgIpc) is 3.46. The molecule has 4 rings (SSSR count). The van der Waals surface area contributed by atoms with Crippen LogP contribution in [0.15, 0.2) is 48.5 Å². The summed E-state index contributed by atoms with van der Waals surface area (Å²) in [4.78, 5) is 52.5. The van der Waals surface area contributed by atoms with Crippen LogP contribution in [0.4, 0.5) is 8.78 Å². The second kappa shape index (κ2) is 10.5. The molecule has 0 unspecified atom stereocenters. The number of aromatic amines is 1. The van der Waals surface area contributed by atoms with Crippen molar-refractivity contribution in [3.63, 3.8) is 0 Å². The van der Waals surface area contributed by atoms with Crippen molar-refractivity contribution in [3.8, 4) is 0 Å². The minimum Gasteiger partial charge on any atom is -0.356 e. The van der Waals surface area contributed by atoms with Gasteiger partial charge in [0.25, 0.3) is 5.91 Å². The van der Waals surface area contributed by atoms with Crippen LogP contribution >= 0.6 is 0 Å². The van der Waals surface area contributed by atoms with Gasteiger partial charge in [-0.25, -0.2) is 8.78 Å². The van der Waals surface area contributed by atoms with E-state index in [0.717, 1.165) is 23.0 Å². The third-order valence-electron chi connectivity index (χ3n) is 6.01. The Hall–Kier alpha value is -4.08. The summed E-state index contributed by atoms with van der Waals surface area (Å²) >= 11 is 0. The first-order valence-electron chi connectivity index (χ1n) is 11.2. The predicted molar refractivity (Wildman–Crippen MR) is 123 cm³/mol. The monoisotopic (exact) mass is 482 g/mol. The van der Waals surface area contributed by atoms with Gasteiger partial charge in [-0.3, -0.25) is 14.4 Å². The summed E-state index contributed by atoms with van der Waals surface area (Å²) in [5, 5.41) is 8.66. The first kappa shape index (κ1) is 24.1. The van der Waals surface area contributed by atoms with Crippen molar-refractivity contribution >= 4 is 34.9 Å². The number of nitrogens with one attached hydrogen (secondary N) is 4. The van der Waals surface area contributed by atoms with Crippen molar-refractivity contribution < 1.29 is 28.0 Å². The highest BCUT2D eigenvalue weighted by atomic mass is 19.2. The van der Waals surface area contributed by atoms with Crippen LogP contribution in [0.1, 0.15) is 28.9 Å². The van der Waals surface area contributed by atoms with Gasteiger partial charge < -0.3 is 25.7 Å². The van der Waals surface area contributed by atoms with E-state index in [0.29, 0.717) is 19.3 Å². The van der Waals surface area contributed by atoms with Crippen molar-refractivity contribution in [2.45, 2.75) is 31.3 Å². The zero-order chi connectivity index (χ0) is 24.9. The molecule has 8 nitrogen and oxygen atoms in total. The second-order valence-corrected chi connectivity index (χ2v) is 8.51. The number of hydrogen-bond donors (Lipinski definition) is 4. The van der Waals surface area contributed by atoms with Gasteiger partial charge in [-0.2, -0.15) is 0 Å². The third kappa shape index (κ3) is 5.71. The SMILES string of the molecule is O=C[C@H](C[C@@H]1CCNC1=O)NC(=O)[C@H](Cc1ccc(F)c(F)c1)NC(=O)c1cc2ccccc2[nH]1. The van der Waals surface area contributed by atoms with E-state index in [1.54, 1.807) is 12.1 Å². The smallest absolute Gasteiger partial charge is 0.268 e. The van der Waals surface area contributed by atoms with E-state index in [-0.39, 0.29) is 30.0 Å². The highest BCUT2D eigenvalue weighted by molar-refractivity contribution is 6.00. The maximum atomic E-state index is 13.8. The normalized spacial score (nSPS) is 17.0. The predicted octanol–water partition coefficient (Wildman–Crippen LogP) is 2.00. The van der Waals surface area contributed by atoms with Gasteiger partial charge in [0.05, 0.1) is 6.04 Å². The highest BCUT2D eigenvalue weighted by Crippen LogP contribution is 2.17. The molecule has 0 saturated carbocycles. The molecule has 1 saturated heterocycles. The fourth-order valence-corrected chi connectivity index (χ4v) is 4.15. The number of para-hydroxylation sites is 1. The molecular formula is C25H24F2N4O4. The lowest BCUT2D eigenvalue weighted by atomic mass is 9.98. The lowest BCUT2D eigenvalue weighted by Crippen LogP contribution is -2.51. The molecule has 3 aromatic rings. The maximum absolute atomic E-state index is 13.8. The molecule has 0 aliphatic carbocycles. The largest absolute Gasteiger partial charge is 0.356 e. The van der Waals surface area contributed by atoms with Crippen molar-refractivity contribution in [3.05, 3.63) is 71.4 Å². The molecule has 0 radical (unpaired) electrons.